The molecule has 1 nitrogen and oxygen atoms in total. The SMILES string of the molecule is [C-]#[N+]C(CC(F)(F)F)C(C)(C)F. The van der Waals surface area contributed by atoms with Crippen molar-refractivity contribution in [3.8, 4) is 0 Å². The fourth-order valence-electron chi connectivity index (χ4n) is 0.661. The quantitative estimate of drug-likeness (QED) is 0.458. The third kappa shape index (κ3) is 4.16. The topological polar surface area (TPSA) is 4.36 Å². The highest BCUT2D eigenvalue weighted by atomic mass is 19.4. The van der Waals surface area contributed by atoms with Crippen LogP contribution in [-0.4, -0.2) is 17.9 Å². The smallest absolute Gasteiger partial charge is 0.310 e. The molecule has 1 unspecified atom stereocenters. The monoisotopic (exact) mass is 183 g/mol. The Morgan fingerprint density at radius 1 is 1.25 bits per heavy atom. The number of alkyl halides is 4. The first-order chi connectivity index (χ1) is 5.17. The number of nitrogens with zero attached hydrogens (tertiary/aromatic N) is 1. The highest BCUT2D eigenvalue weighted by Gasteiger charge is 2.44. The van der Waals surface area contributed by atoms with E-state index in [9.17, 15) is 17.6 Å². The molecule has 0 amide bonds. The van der Waals surface area contributed by atoms with Crippen LogP contribution >= 0.6 is 0 Å². The number of hydrogen-bond donors (Lipinski definition) is 0. The molecule has 0 aliphatic carbocycles. The molecule has 5 heteroatoms. The Morgan fingerprint density at radius 2 is 1.67 bits per heavy atom. The summed E-state index contributed by atoms with van der Waals surface area (Å²) in [6, 6.07) is -1.64. The maximum atomic E-state index is 12.9. The summed E-state index contributed by atoms with van der Waals surface area (Å²) in [4.78, 5) is 2.60. The lowest BCUT2D eigenvalue weighted by molar-refractivity contribution is -0.142. The molecule has 0 radical (unpaired) electrons. The van der Waals surface area contributed by atoms with Gasteiger partial charge in [0, 0.05) is 0 Å². The first-order valence-corrected chi connectivity index (χ1v) is 3.29. The van der Waals surface area contributed by atoms with Crippen LogP contribution in [0.3, 0.4) is 0 Å². The van der Waals surface area contributed by atoms with E-state index in [1.165, 1.54) is 0 Å². The molecular weight excluding hydrogens is 174 g/mol. The zero-order valence-electron chi connectivity index (χ0n) is 6.74. The highest BCUT2D eigenvalue weighted by molar-refractivity contribution is 4.94. The van der Waals surface area contributed by atoms with E-state index in [4.69, 9.17) is 6.57 Å². The third-order valence-corrected chi connectivity index (χ3v) is 1.37. The molecule has 0 aromatic heterocycles. The standard InChI is InChI=1S/C7H9F4N/c1-6(2,8)5(12-3)4-7(9,10)11/h5H,4H2,1-2H3. The molecule has 0 fully saturated rings. The Labute approximate surface area is 68.2 Å². The largest absolute Gasteiger partial charge is 0.396 e. The van der Waals surface area contributed by atoms with Crippen molar-refractivity contribution >= 4 is 0 Å². The molecule has 70 valence electrons. The van der Waals surface area contributed by atoms with E-state index >= 15 is 0 Å². The Morgan fingerprint density at radius 3 is 1.75 bits per heavy atom. The molecule has 0 aromatic rings. The van der Waals surface area contributed by atoms with Crippen LogP contribution < -0.4 is 0 Å². The molecule has 0 heterocycles. The Bertz CT molecular complexity index is 183. The average Bonchev–Trinajstić information content (AvgIpc) is 1.78. The molecule has 0 saturated carbocycles. The van der Waals surface area contributed by atoms with Gasteiger partial charge in [0.2, 0.25) is 0 Å². The maximum absolute atomic E-state index is 12.9. The summed E-state index contributed by atoms with van der Waals surface area (Å²) in [6.07, 6.45) is -5.86. The van der Waals surface area contributed by atoms with E-state index in [1.807, 2.05) is 0 Å². The molecule has 0 aromatic carbocycles. The summed E-state index contributed by atoms with van der Waals surface area (Å²) < 4.78 is 48.0. The van der Waals surface area contributed by atoms with Crippen molar-refractivity contribution in [1.29, 1.82) is 0 Å². The summed E-state index contributed by atoms with van der Waals surface area (Å²) in [5.41, 5.74) is -2.10. The van der Waals surface area contributed by atoms with E-state index in [2.05, 4.69) is 4.85 Å². The van der Waals surface area contributed by atoms with Crippen LogP contribution in [0.2, 0.25) is 0 Å². The second kappa shape index (κ2) is 3.30. The number of rotatable bonds is 2. The second-order valence-electron chi connectivity index (χ2n) is 3.03. The predicted molar refractivity (Wildman–Crippen MR) is 36.2 cm³/mol. The molecule has 0 aliphatic heterocycles. The van der Waals surface area contributed by atoms with Gasteiger partial charge in [-0.3, -0.25) is 0 Å². The Balaban J connectivity index is 4.33. The van der Waals surface area contributed by atoms with Gasteiger partial charge in [-0.15, -0.1) is 0 Å². The Kier molecular flexibility index (Phi) is 3.08. The second-order valence-corrected chi connectivity index (χ2v) is 3.03. The van der Waals surface area contributed by atoms with Crippen molar-refractivity contribution in [2.24, 2.45) is 0 Å². The normalized spacial score (nSPS) is 15.4. The zero-order valence-corrected chi connectivity index (χ0v) is 6.74. The highest BCUT2D eigenvalue weighted by Crippen LogP contribution is 2.30. The average molecular weight is 183 g/mol. The van der Waals surface area contributed by atoms with Gasteiger partial charge in [0.1, 0.15) is 6.42 Å². The van der Waals surface area contributed by atoms with Crippen molar-refractivity contribution in [3.05, 3.63) is 11.4 Å². The van der Waals surface area contributed by atoms with E-state index < -0.39 is 24.3 Å². The summed E-state index contributed by atoms with van der Waals surface area (Å²) >= 11 is 0. The predicted octanol–water partition coefficient (Wildman–Crippen LogP) is 2.97. The van der Waals surface area contributed by atoms with Gasteiger partial charge in [0.25, 0.3) is 6.04 Å². The molecule has 12 heavy (non-hydrogen) atoms. The summed E-state index contributed by atoms with van der Waals surface area (Å²) in [5, 5.41) is 0. The van der Waals surface area contributed by atoms with Crippen LogP contribution in [0.5, 0.6) is 0 Å². The lowest BCUT2D eigenvalue weighted by atomic mass is 9.98. The minimum atomic E-state index is -4.47. The van der Waals surface area contributed by atoms with Gasteiger partial charge in [0.05, 0.1) is 0 Å². The van der Waals surface area contributed by atoms with Gasteiger partial charge < -0.3 is 4.85 Å². The van der Waals surface area contributed by atoms with Crippen LogP contribution in [-0.2, 0) is 0 Å². The zero-order chi connectivity index (χ0) is 9.99. The van der Waals surface area contributed by atoms with Gasteiger partial charge >= 0.3 is 6.18 Å². The first kappa shape index (κ1) is 11.2. The fraction of sp³-hybridized carbons (Fsp3) is 0.857. The molecule has 0 N–H and O–H groups in total. The lowest BCUT2D eigenvalue weighted by Crippen LogP contribution is -2.33. The van der Waals surface area contributed by atoms with E-state index in [0.29, 0.717) is 0 Å². The molecular formula is C7H9F4N. The van der Waals surface area contributed by atoms with Gasteiger partial charge in [-0.25, -0.2) is 11.0 Å². The van der Waals surface area contributed by atoms with Crippen LogP contribution in [0, 0.1) is 6.57 Å². The summed E-state index contributed by atoms with van der Waals surface area (Å²) in [5.74, 6) is 0. The van der Waals surface area contributed by atoms with Crippen LogP contribution in [0.15, 0.2) is 0 Å². The fourth-order valence-corrected chi connectivity index (χ4v) is 0.661. The number of hydrogen-bond acceptors (Lipinski definition) is 0. The van der Waals surface area contributed by atoms with Gasteiger partial charge in [-0.1, -0.05) is 0 Å². The molecule has 1 atom stereocenters. The third-order valence-electron chi connectivity index (χ3n) is 1.37. The molecule has 0 aliphatic rings. The van der Waals surface area contributed by atoms with Crippen molar-refractivity contribution < 1.29 is 17.6 Å². The van der Waals surface area contributed by atoms with E-state index in [0.717, 1.165) is 13.8 Å². The molecule has 0 spiro atoms. The van der Waals surface area contributed by atoms with Crippen LogP contribution in [0.25, 0.3) is 4.85 Å². The van der Waals surface area contributed by atoms with Crippen molar-refractivity contribution in [2.45, 2.75) is 38.2 Å². The number of halogens is 4. The summed E-state index contributed by atoms with van der Waals surface area (Å²) in [7, 11) is 0. The van der Waals surface area contributed by atoms with Gasteiger partial charge in [0.15, 0.2) is 5.67 Å². The van der Waals surface area contributed by atoms with Crippen molar-refractivity contribution in [2.75, 3.05) is 0 Å². The van der Waals surface area contributed by atoms with Crippen molar-refractivity contribution in [3.63, 3.8) is 0 Å². The van der Waals surface area contributed by atoms with Crippen molar-refractivity contribution in [1.82, 2.24) is 0 Å². The first-order valence-electron chi connectivity index (χ1n) is 3.29. The van der Waals surface area contributed by atoms with Gasteiger partial charge in [-0.05, 0) is 13.8 Å². The van der Waals surface area contributed by atoms with Crippen LogP contribution in [0.4, 0.5) is 17.6 Å². The minimum Gasteiger partial charge on any atom is -0.310 e. The summed E-state index contributed by atoms with van der Waals surface area (Å²) in [6.45, 7) is 8.33. The molecule has 0 rings (SSSR count). The minimum absolute atomic E-state index is 0.974. The van der Waals surface area contributed by atoms with Gasteiger partial charge in [-0.2, -0.15) is 13.2 Å². The maximum Gasteiger partial charge on any atom is 0.396 e. The van der Waals surface area contributed by atoms with Crippen LogP contribution in [0.1, 0.15) is 20.3 Å². The van der Waals surface area contributed by atoms with E-state index in [1.54, 1.807) is 0 Å². The molecule has 0 bridgehead atoms. The molecule has 0 saturated heterocycles. The Hall–Kier alpha value is -0.790. The lowest BCUT2D eigenvalue weighted by Gasteiger charge is -2.17. The van der Waals surface area contributed by atoms with E-state index in [-0.39, 0.29) is 0 Å².